The van der Waals surface area contributed by atoms with Gasteiger partial charge in [0.2, 0.25) is 0 Å². The summed E-state index contributed by atoms with van der Waals surface area (Å²) in [6, 6.07) is 8.24. The highest BCUT2D eigenvalue weighted by molar-refractivity contribution is 5.78. The number of rotatable bonds is 7. The number of nitrogens with two attached hydrogens (primary N) is 1. The minimum atomic E-state index is -0.841. The number of aliphatic hydroxyl groups is 1. The molecule has 1 aromatic carbocycles. The van der Waals surface area contributed by atoms with Crippen LogP contribution in [-0.2, 0) is 11.1 Å². The summed E-state index contributed by atoms with van der Waals surface area (Å²) in [7, 11) is 0. The molecule has 0 saturated heterocycles. The monoisotopic (exact) mass is 553 g/mol. The van der Waals surface area contributed by atoms with Crippen molar-refractivity contribution >= 4 is 16.9 Å². The van der Waals surface area contributed by atoms with Crippen molar-refractivity contribution in [1.29, 1.82) is 0 Å². The molecule has 5 aromatic rings. The van der Waals surface area contributed by atoms with Crippen LogP contribution in [0.25, 0.3) is 22.2 Å². The zero-order chi connectivity index (χ0) is 28.8. The molecule has 1 aliphatic rings. The molecule has 0 fully saturated rings. The van der Waals surface area contributed by atoms with Crippen molar-refractivity contribution in [3.05, 3.63) is 96.5 Å². The molecule has 0 saturated carbocycles. The minimum absolute atomic E-state index is 0.0104. The highest BCUT2D eigenvalue weighted by Crippen LogP contribution is 2.31. The average molecular weight is 554 g/mol. The van der Waals surface area contributed by atoms with Crippen LogP contribution < -0.4 is 10.6 Å². The number of nitrogens with zero attached hydrogens (tertiary/aromatic N) is 8. The Hall–Kier alpha value is -4.48. The average Bonchev–Trinajstić information content (AvgIpc) is 3.66. The molecule has 4 aromatic heterocycles. The number of aromatic nitrogens is 7. The van der Waals surface area contributed by atoms with E-state index in [1.54, 1.807) is 41.7 Å². The van der Waals surface area contributed by atoms with Crippen LogP contribution in [0.4, 0.5) is 10.2 Å². The molecule has 1 aliphatic heterocycles. The summed E-state index contributed by atoms with van der Waals surface area (Å²) in [5.74, 6) is 1.22. The Labute approximate surface area is 237 Å². The molecule has 3 N–H and O–H groups in total. The second-order valence-corrected chi connectivity index (χ2v) is 11.2. The lowest BCUT2D eigenvalue weighted by Gasteiger charge is -2.28. The van der Waals surface area contributed by atoms with E-state index >= 15 is 0 Å². The Morgan fingerprint density at radius 2 is 1.71 bits per heavy atom. The van der Waals surface area contributed by atoms with Crippen molar-refractivity contribution in [2.24, 2.45) is 5.73 Å². The molecule has 5 heterocycles. The number of aliphatic hydroxyl groups excluding tert-OH is 1. The first-order valence-electron chi connectivity index (χ1n) is 13.5. The van der Waals surface area contributed by atoms with E-state index in [9.17, 15) is 9.50 Å². The third kappa shape index (κ3) is 4.98. The second-order valence-electron chi connectivity index (χ2n) is 11.2. The summed E-state index contributed by atoms with van der Waals surface area (Å²) in [6.07, 6.45) is 13.6. The van der Waals surface area contributed by atoms with Crippen molar-refractivity contribution in [3.8, 4) is 11.1 Å². The van der Waals surface area contributed by atoms with Gasteiger partial charge in [0, 0.05) is 54.6 Å². The van der Waals surface area contributed by atoms with Gasteiger partial charge in [-0.2, -0.15) is 10.2 Å². The van der Waals surface area contributed by atoms with Crippen molar-refractivity contribution in [2.45, 2.75) is 38.3 Å². The summed E-state index contributed by atoms with van der Waals surface area (Å²) >= 11 is 0. The number of benzene rings is 1. The van der Waals surface area contributed by atoms with E-state index < -0.39 is 11.1 Å². The first-order valence-corrected chi connectivity index (χ1v) is 13.5. The molecule has 1 unspecified atom stereocenters. The fourth-order valence-corrected chi connectivity index (χ4v) is 4.98. The predicted molar refractivity (Wildman–Crippen MR) is 154 cm³/mol. The van der Waals surface area contributed by atoms with Crippen molar-refractivity contribution in [2.75, 3.05) is 24.6 Å². The number of halogens is 1. The third-order valence-electron chi connectivity index (χ3n) is 7.80. The summed E-state index contributed by atoms with van der Waals surface area (Å²) in [5.41, 5.74) is 10.7. The molecule has 11 heteroatoms. The van der Waals surface area contributed by atoms with Gasteiger partial charge in [-0.05, 0) is 56.5 Å². The Kier molecular flexibility index (Phi) is 6.63. The van der Waals surface area contributed by atoms with E-state index in [1.165, 1.54) is 12.1 Å². The van der Waals surface area contributed by atoms with Gasteiger partial charge in [-0.1, -0.05) is 18.2 Å². The molecule has 0 bridgehead atoms. The maximum absolute atomic E-state index is 13.4. The lowest BCUT2D eigenvalue weighted by atomic mass is 9.87. The zero-order valence-electron chi connectivity index (χ0n) is 23.2. The van der Waals surface area contributed by atoms with Gasteiger partial charge in [0.25, 0.3) is 0 Å². The molecule has 1 atom stereocenters. The fourth-order valence-electron chi connectivity index (χ4n) is 4.98. The largest absolute Gasteiger partial charge is 0.394 e. The molecule has 0 spiro atoms. The van der Waals surface area contributed by atoms with E-state index in [2.05, 4.69) is 42.2 Å². The van der Waals surface area contributed by atoms with E-state index in [0.717, 1.165) is 52.1 Å². The molecule has 210 valence electrons. The summed E-state index contributed by atoms with van der Waals surface area (Å²) in [5, 5.41) is 18.6. The summed E-state index contributed by atoms with van der Waals surface area (Å²) < 4.78 is 17.0. The van der Waals surface area contributed by atoms with Gasteiger partial charge in [-0.3, -0.25) is 4.68 Å². The van der Waals surface area contributed by atoms with Crippen LogP contribution in [0.3, 0.4) is 0 Å². The van der Waals surface area contributed by atoms with Gasteiger partial charge in [0.15, 0.2) is 11.6 Å². The predicted octanol–water partition coefficient (Wildman–Crippen LogP) is 3.77. The van der Waals surface area contributed by atoms with Gasteiger partial charge in [-0.15, -0.1) is 0 Å². The Bertz CT molecular complexity index is 1720. The molecule has 6 rings (SSSR count). The lowest BCUT2D eigenvalue weighted by molar-refractivity contribution is 0.152. The summed E-state index contributed by atoms with van der Waals surface area (Å²) in [6.45, 7) is 7.13. The van der Waals surface area contributed by atoms with Crippen LogP contribution >= 0.6 is 0 Å². The van der Waals surface area contributed by atoms with E-state index in [-0.39, 0.29) is 12.4 Å². The minimum Gasteiger partial charge on any atom is -0.394 e. The van der Waals surface area contributed by atoms with Crippen molar-refractivity contribution in [3.63, 3.8) is 0 Å². The number of hydrogen-bond acceptors (Lipinski definition) is 8. The van der Waals surface area contributed by atoms with Crippen LogP contribution in [0, 0.1) is 5.82 Å². The number of fused-ring (bicyclic) bond motifs is 1. The van der Waals surface area contributed by atoms with Crippen LogP contribution in [0.2, 0.25) is 0 Å². The maximum Gasteiger partial charge on any atom is 0.156 e. The topological polar surface area (TPSA) is 123 Å². The van der Waals surface area contributed by atoms with Crippen LogP contribution in [0.1, 0.15) is 44.1 Å². The standard InChI is InChI=1S/C30H32FN9O/c1-29(2,18-41)40-17-22(13-36-40)21-12-26-28(35-19-37-39(26)16-21)38-10-8-20(9-11-38)27-33-14-24(15-34-27)30(3,32)23-4-6-25(31)7-5-23/h4-8,12-17,19,41H,9-11,18,32H2,1-3H3. The van der Waals surface area contributed by atoms with Gasteiger partial charge in [0.05, 0.1) is 23.9 Å². The van der Waals surface area contributed by atoms with Gasteiger partial charge in [0.1, 0.15) is 17.7 Å². The van der Waals surface area contributed by atoms with Crippen molar-refractivity contribution in [1.82, 2.24) is 34.3 Å². The molecular formula is C30H32FN9O. The first-order chi connectivity index (χ1) is 19.7. The molecule has 0 aliphatic carbocycles. The fraction of sp³-hybridized carbons (Fsp3) is 0.300. The number of anilines is 1. The molecular weight excluding hydrogens is 521 g/mol. The SMILES string of the molecule is CC(N)(c1ccc(F)cc1)c1cnc(C2=CCN(c3ncnn4cc(-c5cnn(C(C)(C)CO)c5)cc34)CC2)nc1. The smallest absolute Gasteiger partial charge is 0.156 e. The Balaban J connectivity index is 1.20. The van der Waals surface area contributed by atoms with E-state index in [0.29, 0.717) is 12.4 Å². The quantitative estimate of drug-likeness (QED) is 0.312. The zero-order valence-corrected chi connectivity index (χ0v) is 23.2. The molecule has 41 heavy (non-hydrogen) atoms. The highest BCUT2D eigenvalue weighted by atomic mass is 19.1. The molecule has 0 radical (unpaired) electrons. The van der Waals surface area contributed by atoms with Gasteiger partial charge >= 0.3 is 0 Å². The van der Waals surface area contributed by atoms with Gasteiger partial charge < -0.3 is 15.7 Å². The summed E-state index contributed by atoms with van der Waals surface area (Å²) in [4.78, 5) is 16.1. The van der Waals surface area contributed by atoms with Crippen molar-refractivity contribution < 1.29 is 9.50 Å². The Morgan fingerprint density at radius 3 is 2.39 bits per heavy atom. The number of hydrogen-bond donors (Lipinski definition) is 2. The van der Waals surface area contributed by atoms with Crippen LogP contribution in [0.15, 0.2) is 73.7 Å². The van der Waals surface area contributed by atoms with E-state index in [4.69, 9.17) is 5.73 Å². The first kappa shape index (κ1) is 26.7. The molecule has 10 nitrogen and oxygen atoms in total. The van der Waals surface area contributed by atoms with Gasteiger partial charge in [-0.25, -0.2) is 23.9 Å². The van der Waals surface area contributed by atoms with Crippen LogP contribution in [0.5, 0.6) is 0 Å². The normalized spacial score (nSPS) is 15.7. The van der Waals surface area contributed by atoms with E-state index in [1.807, 2.05) is 37.7 Å². The Morgan fingerprint density at radius 1 is 0.951 bits per heavy atom. The molecule has 0 amide bonds. The third-order valence-corrected chi connectivity index (χ3v) is 7.80. The second kappa shape index (κ2) is 10.2. The lowest BCUT2D eigenvalue weighted by Crippen LogP contribution is -2.34. The highest BCUT2D eigenvalue weighted by Gasteiger charge is 2.26. The van der Waals surface area contributed by atoms with Crippen LogP contribution in [-0.4, -0.2) is 59.1 Å². The maximum atomic E-state index is 13.4.